The summed E-state index contributed by atoms with van der Waals surface area (Å²) in [5.41, 5.74) is 2.06. The third-order valence-electron chi connectivity index (χ3n) is 4.69. The van der Waals surface area contributed by atoms with Crippen molar-refractivity contribution >= 4 is 17.5 Å². The van der Waals surface area contributed by atoms with E-state index in [1.807, 2.05) is 75.4 Å². The van der Waals surface area contributed by atoms with Crippen LogP contribution in [0.2, 0.25) is 0 Å². The number of hydrogen-bond acceptors (Lipinski definition) is 3. The molecule has 3 rings (SSSR count). The molecule has 0 aliphatic carbocycles. The number of anilines is 1. The Hall–Kier alpha value is -3.34. The van der Waals surface area contributed by atoms with Crippen molar-refractivity contribution in [2.75, 3.05) is 4.90 Å². The molecule has 3 aromatic rings. The molecule has 0 aliphatic rings. The van der Waals surface area contributed by atoms with Crippen LogP contribution in [0.15, 0.2) is 77.4 Å². The van der Waals surface area contributed by atoms with Crippen LogP contribution in [0.4, 0.5) is 5.69 Å². The van der Waals surface area contributed by atoms with E-state index >= 15 is 0 Å². The minimum Gasteiger partial charge on any atom is -0.459 e. The van der Waals surface area contributed by atoms with Crippen LogP contribution < -0.4 is 10.2 Å². The largest absolute Gasteiger partial charge is 0.459 e. The molecule has 0 saturated heterocycles. The molecule has 2 aromatic carbocycles. The van der Waals surface area contributed by atoms with Crippen molar-refractivity contribution in [1.29, 1.82) is 0 Å². The van der Waals surface area contributed by atoms with Crippen molar-refractivity contribution < 1.29 is 14.0 Å². The summed E-state index contributed by atoms with van der Waals surface area (Å²) < 4.78 is 5.39. The summed E-state index contributed by atoms with van der Waals surface area (Å²) in [6.45, 7) is 7.83. The number of rotatable bonds is 6. The highest BCUT2D eigenvalue weighted by Gasteiger charge is 2.35. The number of amides is 2. The zero-order valence-electron chi connectivity index (χ0n) is 17.9. The van der Waals surface area contributed by atoms with Crippen molar-refractivity contribution in [1.82, 2.24) is 5.32 Å². The van der Waals surface area contributed by atoms with E-state index in [4.69, 9.17) is 4.42 Å². The summed E-state index contributed by atoms with van der Waals surface area (Å²) in [6.07, 6.45) is 2.34. The van der Waals surface area contributed by atoms with Gasteiger partial charge >= 0.3 is 0 Å². The summed E-state index contributed by atoms with van der Waals surface area (Å²) in [7, 11) is 0. The van der Waals surface area contributed by atoms with Crippen LogP contribution in [0.25, 0.3) is 0 Å². The third kappa shape index (κ3) is 4.98. The Balaban J connectivity index is 2.14. The summed E-state index contributed by atoms with van der Waals surface area (Å²) >= 11 is 0. The molecular formula is C25H28N2O3. The number of nitrogens with zero attached hydrogens (tertiary/aromatic N) is 1. The third-order valence-corrected chi connectivity index (χ3v) is 4.69. The SMILES string of the molecule is CCc1ccc(N(C(=O)c2ccco2)[C@@H](C(=O)NC(C)(C)C)c2ccccc2)cc1. The van der Waals surface area contributed by atoms with Gasteiger partial charge in [-0.2, -0.15) is 0 Å². The Bertz CT molecular complexity index is 971. The van der Waals surface area contributed by atoms with E-state index in [1.165, 1.54) is 11.2 Å². The fourth-order valence-electron chi connectivity index (χ4n) is 3.29. The second-order valence-corrected chi connectivity index (χ2v) is 8.22. The number of hydrogen-bond donors (Lipinski definition) is 1. The first-order valence-corrected chi connectivity index (χ1v) is 10.1. The lowest BCUT2D eigenvalue weighted by molar-refractivity contribution is -0.123. The second kappa shape index (κ2) is 8.99. The number of aryl methyl sites for hydroxylation is 1. The molecule has 156 valence electrons. The van der Waals surface area contributed by atoms with E-state index in [9.17, 15) is 9.59 Å². The van der Waals surface area contributed by atoms with Crippen molar-refractivity contribution in [2.45, 2.75) is 45.7 Å². The Kier molecular flexibility index (Phi) is 6.40. The summed E-state index contributed by atoms with van der Waals surface area (Å²) in [6, 6.07) is 19.4. The molecule has 0 radical (unpaired) electrons. The van der Waals surface area contributed by atoms with E-state index in [0.29, 0.717) is 5.69 Å². The minimum atomic E-state index is -0.851. The van der Waals surface area contributed by atoms with Crippen LogP contribution in [0.3, 0.4) is 0 Å². The predicted molar refractivity (Wildman–Crippen MR) is 118 cm³/mol. The van der Waals surface area contributed by atoms with Crippen molar-refractivity contribution in [2.24, 2.45) is 0 Å². The number of nitrogens with one attached hydrogen (secondary N) is 1. The summed E-state index contributed by atoms with van der Waals surface area (Å²) in [4.78, 5) is 28.4. The smallest absolute Gasteiger partial charge is 0.294 e. The molecule has 0 bridgehead atoms. The summed E-state index contributed by atoms with van der Waals surface area (Å²) in [5.74, 6) is -0.450. The van der Waals surface area contributed by atoms with Gasteiger partial charge in [-0.1, -0.05) is 49.4 Å². The van der Waals surface area contributed by atoms with Gasteiger partial charge in [0.25, 0.3) is 5.91 Å². The van der Waals surface area contributed by atoms with Gasteiger partial charge < -0.3 is 9.73 Å². The van der Waals surface area contributed by atoms with Crippen LogP contribution >= 0.6 is 0 Å². The highest BCUT2D eigenvalue weighted by atomic mass is 16.3. The van der Waals surface area contributed by atoms with Crippen LogP contribution in [-0.4, -0.2) is 17.4 Å². The first kappa shape index (κ1) is 21.4. The predicted octanol–water partition coefficient (Wildman–Crippen LogP) is 5.14. The van der Waals surface area contributed by atoms with Crippen LogP contribution in [-0.2, 0) is 11.2 Å². The highest BCUT2D eigenvalue weighted by molar-refractivity contribution is 6.08. The Labute approximate surface area is 177 Å². The number of carbonyl (C=O) groups is 2. The molecular weight excluding hydrogens is 376 g/mol. The van der Waals surface area contributed by atoms with Gasteiger partial charge in [0.15, 0.2) is 5.76 Å². The van der Waals surface area contributed by atoms with Crippen molar-refractivity contribution in [3.63, 3.8) is 0 Å². The van der Waals surface area contributed by atoms with Gasteiger partial charge in [-0.05, 0) is 62.6 Å². The highest BCUT2D eigenvalue weighted by Crippen LogP contribution is 2.30. The normalized spacial score (nSPS) is 12.3. The van der Waals surface area contributed by atoms with Crippen molar-refractivity contribution in [3.05, 3.63) is 89.9 Å². The molecule has 1 atom stereocenters. The molecule has 30 heavy (non-hydrogen) atoms. The van der Waals surface area contributed by atoms with Gasteiger partial charge in [-0.25, -0.2) is 0 Å². The summed E-state index contributed by atoms with van der Waals surface area (Å²) in [5, 5.41) is 3.03. The van der Waals surface area contributed by atoms with Crippen LogP contribution in [0.1, 0.15) is 55.4 Å². The Morgan fingerprint density at radius 3 is 2.17 bits per heavy atom. The lowest BCUT2D eigenvalue weighted by Crippen LogP contribution is -2.49. The van der Waals surface area contributed by atoms with E-state index in [2.05, 4.69) is 12.2 Å². The average Bonchev–Trinajstić information content (AvgIpc) is 3.26. The fourth-order valence-corrected chi connectivity index (χ4v) is 3.29. The van der Waals surface area contributed by atoms with Gasteiger partial charge in [-0.3, -0.25) is 14.5 Å². The van der Waals surface area contributed by atoms with Crippen molar-refractivity contribution in [3.8, 4) is 0 Å². The quantitative estimate of drug-likeness (QED) is 0.618. The van der Waals surface area contributed by atoms with Crippen LogP contribution in [0.5, 0.6) is 0 Å². The van der Waals surface area contributed by atoms with Gasteiger partial charge in [-0.15, -0.1) is 0 Å². The van der Waals surface area contributed by atoms with E-state index in [0.717, 1.165) is 17.5 Å². The van der Waals surface area contributed by atoms with E-state index < -0.39 is 11.6 Å². The zero-order chi connectivity index (χ0) is 21.7. The molecule has 2 amide bonds. The topological polar surface area (TPSA) is 62.6 Å². The number of furan rings is 1. The average molecular weight is 405 g/mol. The molecule has 0 aliphatic heterocycles. The van der Waals surface area contributed by atoms with Gasteiger partial charge in [0.2, 0.25) is 5.91 Å². The standard InChI is InChI=1S/C25H28N2O3/c1-5-18-13-15-20(16-14-18)27(24(29)21-12-9-17-30-21)22(19-10-7-6-8-11-19)23(28)26-25(2,3)4/h6-17,22H,5H2,1-4H3,(H,26,28)/t22-/m1/s1. The lowest BCUT2D eigenvalue weighted by atomic mass is 10.00. The van der Waals surface area contributed by atoms with Gasteiger partial charge in [0.1, 0.15) is 6.04 Å². The second-order valence-electron chi connectivity index (χ2n) is 8.22. The molecule has 1 heterocycles. The maximum atomic E-state index is 13.5. The monoisotopic (exact) mass is 404 g/mol. The molecule has 5 heteroatoms. The number of benzene rings is 2. The number of carbonyl (C=O) groups excluding carboxylic acids is 2. The Morgan fingerprint density at radius 1 is 0.967 bits per heavy atom. The maximum Gasteiger partial charge on any atom is 0.294 e. The van der Waals surface area contributed by atoms with E-state index in [-0.39, 0.29) is 17.6 Å². The van der Waals surface area contributed by atoms with Gasteiger partial charge in [0, 0.05) is 11.2 Å². The first-order chi connectivity index (χ1) is 14.3. The zero-order valence-corrected chi connectivity index (χ0v) is 17.9. The minimum absolute atomic E-state index is 0.180. The molecule has 1 N–H and O–H groups in total. The Morgan fingerprint density at radius 2 is 1.63 bits per heavy atom. The first-order valence-electron chi connectivity index (χ1n) is 10.1. The fraction of sp³-hybridized carbons (Fsp3) is 0.280. The molecule has 5 nitrogen and oxygen atoms in total. The molecule has 0 spiro atoms. The maximum absolute atomic E-state index is 13.5. The molecule has 1 aromatic heterocycles. The van der Waals surface area contributed by atoms with E-state index in [1.54, 1.807) is 12.1 Å². The molecule has 0 fully saturated rings. The lowest BCUT2D eigenvalue weighted by Gasteiger charge is -2.33. The molecule has 0 saturated carbocycles. The molecule has 0 unspecified atom stereocenters. The van der Waals surface area contributed by atoms with Crippen LogP contribution in [0, 0.1) is 0 Å². The van der Waals surface area contributed by atoms with Gasteiger partial charge in [0.05, 0.1) is 6.26 Å².